The van der Waals surface area contributed by atoms with Crippen LogP contribution in [0.4, 0.5) is 10.6 Å². The highest BCUT2D eigenvalue weighted by Gasteiger charge is 2.24. The molecule has 0 unspecified atom stereocenters. The average molecular weight is 538 g/mol. The number of pyridine rings is 1. The van der Waals surface area contributed by atoms with E-state index in [1.165, 1.54) is 5.56 Å². The van der Waals surface area contributed by atoms with E-state index in [1.54, 1.807) is 4.90 Å². The Morgan fingerprint density at radius 3 is 2.64 bits per heavy atom. The molecule has 2 amide bonds. The number of rotatable bonds is 14. The molecular formula is C30H43N5O4. The summed E-state index contributed by atoms with van der Waals surface area (Å²) in [6.07, 6.45) is 8.52. The Hall–Kier alpha value is -3.33. The molecule has 0 radical (unpaired) electrons. The molecule has 0 saturated carbocycles. The Kier molecular flexibility index (Phi) is 11.3. The van der Waals surface area contributed by atoms with E-state index in [1.807, 2.05) is 30.3 Å². The van der Waals surface area contributed by atoms with E-state index in [0.29, 0.717) is 39.2 Å². The van der Waals surface area contributed by atoms with E-state index in [9.17, 15) is 14.7 Å². The van der Waals surface area contributed by atoms with Crippen molar-refractivity contribution < 1.29 is 19.4 Å². The molecule has 1 fully saturated rings. The summed E-state index contributed by atoms with van der Waals surface area (Å²) in [5.74, 6) is 0.861. The number of nitrogens with one attached hydrogen (secondary N) is 2. The van der Waals surface area contributed by atoms with Gasteiger partial charge in [0.15, 0.2) is 0 Å². The van der Waals surface area contributed by atoms with Crippen molar-refractivity contribution in [1.82, 2.24) is 20.1 Å². The number of fused-ring (bicyclic) bond motifs is 1. The molecule has 0 aliphatic carbocycles. The number of aryl methyl sites for hydroxylation is 2. The molecule has 9 nitrogen and oxygen atoms in total. The van der Waals surface area contributed by atoms with Crippen LogP contribution in [0.25, 0.3) is 0 Å². The number of aromatic nitrogens is 1. The lowest BCUT2D eigenvalue weighted by molar-refractivity contribution is -0.139. The molecule has 2 aliphatic rings. The van der Waals surface area contributed by atoms with Crippen LogP contribution in [-0.4, -0.2) is 83.8 Å². The van der Waals surface area contributed by atoms with Crippen molar-refractivity contribution in [1.29, 1.82) is 0 Å². The molecule has 4 rings (SSSR count). The number of carboxylic acids is 1. The Balaban J connectivity index is 1.27. The van der Waals surface area contributed by atoms with Crippen LogP contribution in [0, 0.1) is 0 Å². The van der Waals surface area contributed by atoms with Crippen molar-refractivity contribution in [3.63, 3.8) is 0 Å². The van der Waals surface area contributed by atoms with Gasteiger partial charge < -0.3 is 25.4 Å². The number of benzene rings is 1. The highest BCUT2D eigenvalue weighted by atomic mass is 16.5. The van der Waals surface area contributed by atoms with Crippen LogP contribution < -0.4 is 15.4 Å². The second kappa shape index (κ2) is 15.3. The highest BCUT2D eigenvalue weighted by Crippen LogP contribution is 2.20. The summed E-state index contributed by atoms with van der Waals surface area (Å²) in [5.41, 5.74) is 2.41. The number of anilines is 1. The van der Waals surface area contributed by atoms with Crippen molar-refractivity contribution in [3.05, 3.63) is 53.7 Å². The van der Waals surface area contributed by atoms with Gasteiger partial charge in [-0.1, -0.05) is 24.3 Å². The minimum atomic E-state index is -0.993. The SMILES string of the molecule is O=C(O)[C@H](CCN(CCCCc1ccc2c(n1)NCCC2)CCOc1ccccc1)NC(=O)N1CCCCC1. The second-order valence-corrected chi connectivity index (χ2v) is 10.5. The largest absolute Gasteiger partial charge is 0.492 e. The van der Waals surface area contributed by atoms with Crippen molar-refractivity contribution in [2.24, 2.45) is 0 Å². The van der Waals surface area contributed by atoms with Crippen molar-refractivity contribution in [3.8, 4) is 5.75 Å². The maximum Gasteiger partial charge on any atom is 0.326 e. The van der Waals surface area contributed by atoms with Gasteiger partial charge in [-0.3, -0.25) is 4.90 Å². The van der Waals surface area contributed by atoms with Gasteiger partial charge in [0.2, 0.25) is 0 Å². The van der Waals surface area contributed by atoms with E-state index in [2.05, 4.69) is 27.7 Å². The lowest BCUT2D eigenvalue weighted by Crippen LogP contribution is -2.50. The zero-order valence-corrected chi connectivity index (χ0v) is 22.9. The number of carbonyl (C=O) groups is 2. The number of para-hydroxylation sites is 1. The average Bonchev–Trinajstić information content (AvgIpc) is 2.97. The van der Waals surface area contributed by atoms with Gasteiger partial charge in [0, 0.05) is 38.4 Å². The molecule has 3 heterocycles. The van der Waals surface area contributed by atoms with E-state index in [-0.39, 0.29) is 6.03 Å². The molecule has 2 aliphatic heterocycles. The maximum absolute atomic E-state index is 12.6. The summed E-state index contributed by atoms with van der Waals surface area (Å²) < 4.78 is 5.91. The van der Waals surface area contributed by atoms with Crippen molar-refractivity contribution in [2.45, 2.75) is 63.8 Å². The van der Waals surface area contributed by atoms with Gasteiger partial charge in [-0.2, -0.15) is 0 Å². The second-order valence-electron chi connectivity index (χ2n) is 10.5. The van der Waals surface area contributed by atoms with Gasteiger partial charge in [-0.15, -0.1) is 0 Å². The number of hydrogen-bond donors (Lipinski definition) is 3. The van der Waals surface area contributed by atoms with E-state index in [0.717, 1.165) is 81.7 Å². The Morgan fingerprint density at radius 1 is 1.03 bits per heavy atom. The quantitative estimate of drug-likeness (QED) is 0.310. The van der Waals surface area contributed by atoms with Crippen LogP contribution in [0.1, 0.15) is 56.2 Å². The number of likely N-dealkylation sites (tertiary alicyclic amines) is 1. The lowest BCUT2D eigenvalue weighted by atomic mass is 10.1. The van der Waals surface area contributed by atoms with Crippen LogP contribution in [0.5, 0.6) is 5.75 Å². The van der Waals surface area contributed by atoms with Gasteiger partial charge in [0.05, 0.1) is 0 Å². The van der Waals surface area contributed by atoms with Gasteiger partial charge in [0.25, 0.3) is 0 Å². The van der Waals surface area contributed by atoms with Crippen molar-refractivity contribution >= 4 is 17.8 Å². The number of nitrogens with zero attached hydrogens (tertiary/aromatic N) is 3. The number of unbranched alkanes of at least 4 members (excludes halogenated alkanes) is 1. The first-order valence-electron chi connectivity index (χ1n) is 14.5. The fourth-order valence-corrected chi connectivity index (χ4v) is 5.20. The van der Waals surface area contributed by atoms with E-state index >= 15 is 0 Å². The summed E-state index contributed by atoms with van der Waals surface area (Å²) in [4.78, 5) is 33.4. The third-order valence-corrected chi connectivity index (χ3v) is 7.50. The topological polar surface area (TPSA) is 107 Å². The Labute approximate surface area is 231 Å². The first-order valence-corrected chi connectivity index (χ1v) is 14.5. The van der Waals surface area contributed by atoms with E-state index < -0.39 is 12.0 Å². The maximum atomic E-state index is 12.6. The van der Waals surface area contributed by atoms with E-state index in [4.69, 9.17) is 9.72 Å². The van der Waals surface area contributed by atoms with Gasteiger partial charge >= 0.3 is 12.0 Å². The first-order chi connectivity index (χ1) is 19.1. The van der Waals surface area contributed by atoms with Crippen molar-refractivity contribution in [2.75, 3.05) is 51.2 Å². The fraction of sp³-hybridized carbons (Fsp3) is 0.567. The Bertz CT molecular complexity index is 1040. The highest BCUT2D eigenvalue weighted by molar-refractivity contribution is 5.82. The molecule has 1 aromatic carbocycles. The molecule has 1 saturated heterocycles. The van der Waals surface area contributed by atoms with Crippen LogP contribution in [-0.2, 0) is 17.6 Å². The zero-order valence-electron chi connectivity index (χ0n) is 22.9. The number of aliphatic carboxylic acids is 1. The number of ether oxygens (including phenoxy) is 1. The van der Waals surface area contributed by atoms with Crippen LogP contribution in [0.15, 0.2) is 42.5 Å². The normalized spacial score (nSPS) is 15.8. The predicted octanol–water partition coefficient (Wildman–Crippen LogP) is 4.18. The molecular weight excluding hydrogens is 494 g/mol. The molecule has 212 valence electrons. The first kappa shape index (κ1) is 28.7. The number of urea groups is 1. The van der Waals surface area contributed by atoms with Gasteiger partial charge in [0.1, 0.15) is 24.2 Å². The molecule has 0 bridgehead atoms. The zero-order chi connectivity index (χ0) is 27.3. The number of carboxylic acid groups (broad SMARTS) is 1. The lowest BCUT2D eigenvalue weighted by Gasteiger charge is -2.29. The summed E-state index contributed by atoms with van der Waals surface area (Å²) in [7, 11) is 0. The van der Waals surface area contributed by atoms with Crippen LogP contribution >= 0.6 is 0 Å². The third kappa shape index (κ3) is 9.42. The summed E-state index contributed by atoms with van der Waals surface area (Å²) >= 11 is 0. The summed E-state index contributed by atoms with van der Waals surface area (Å²) in [6, 6.07) is 12.9. The predicted molar refractivity (Wildman–Crippen MR) is 152 cm³/mol. The molecule has 3 N–H and O–H groups in total. The molecule has 9 heteroatoms. The number of amides is 2. The molecule has 1 aromatic heterocycles. The number of piperidine rings is 1. The molecule has 39 heavy (non-hydrogen) atoms. The Morgan fingerprint density at radius 2 is 1.85 bits per heavy atom. The third-order valence-electron chi connectivity index (χ3n) is 7.50. The summed E-state index contributed by atoms with van der Waals surface area (Å²) in [5, 5.41) is 16.0. The number of hydrogen-bond acceptors (Lipinski definition) is 6. The smallest absolute Gasteiger partial charge is 0.326 e. The molecule has 2 aromatic rings. The van der Waals surface area contributed by atoms with Gasteiger partial charge in [-0.05, 0) is 88.1 Å². The minimum absolute atomic E-state index is 0.270. The fourth-order valence-electron chi connectivity index (χ4n) is 5.20. The standard InChI is InChI=1S/C30H43N5O4/c36-29(37)27(33-30(38)35-19-6-2-7-20-35)16-21-34(22-23-39-26-12-3-1-4-13-26)18-8-5-11-25-15-14-24-10-9-17-31-28(24)32-25/h1,3-4,12-15,27H,2,5-11,16-23H2,(H,31,32)(H,33,38)(H,36,37)/t27-/m0/s1. The molecule has 1 atom stereocenters. The van der Waals surface area contributed by atoms with Crippen LogP contribution in [0.2, 0.25) is 0 Å². The van der Waals surface area contributed by atoms with Gasteiger partial charge in [-0.25, -0.2) is 14.6 Å². The molecule has 0 spiro atoms. The number of carbonyl (C=O) groups excluding carboxylic acids is 1. The van der Waals surface area contributed by atoms with Crippen LogP contribution in [0.3, 0.4) is 0 Å². The minimum Gasteiger partial charge on any atom is -0.492 e. The summed E-state index contributed by atoms with van der Waals surface area (Å²) in [6.45, 7) is 4.96. The monoisotopic (exact) mass is 537 g/mol.